The van der Waals surface area contributed by atoms with Gasteiger partial charge in [0.05, 0.1) is 0 Å². The lowest BCUT2D eigenvalue weighted by atomic mass is 9.64. The highest BCUT2D eigenvalue weighted by Gasteiger charge is 2.21. The molecule has 0 atom stereocenters. The summed E-state index contributed by atoms with van der Waals surface area (Å²) in [5.74, 6) is 0.625. The van der Waals surface area contributed by atoms with Crippen LogP contribution in [0.1, 0.15) is 27.7 Å². The first kappa shape index (κ1) is 14.2. The van der Waals surface area contributed by atoms with Crippen LogP contribution in [-0.2, 0) is 0 Å². The molecule has 0 aliphatic heterocycles. The van der Waals surface area contributed by atoms with E-state index in [0.29, 0.717) is 5.92 Å². The van der Waals surface area contributed by atoms with Crippen LogP contribution in [0.4, 0.5) is 0 Å². The third kappa shape index (κ3) is 8.61. The summed E-state index contributed by atoms with van der Waals surface area (Å²) in [6.07, 6.45) is 4.08. The third-order valence-corrected chi connectivity index (χ3v) is 2.33. The van der Waals surface area contributed by atoms with E-state index in [9.17, 15) is 0 Å². The van der Waals surface area contributed by atoms with Crippen LogP contribution in [0.2, 0.25) is 5.31 Å². The van der Waals surface area contributed by atoms with Crippen LogP contribution >= 0.6 is 23.2 Å². The van der Waals surface area contributed by atoms with Gasteiger partial charge in [0.25, 0.3) is 0 Å². The molecule has 0 fully saturated rings. The monoisotopic (exact) mass is 193 g/mol. The van der Waals surface area contributed by atoms with Crippen molar-refractivity contribution in [2.45, 2.75) is 33.0 Å². The molecule has 1 radical (unpaired) electrons. The summed E-state index contributed by atoms with van der Waals surface area (Å²) in [5, 5.41) is 0.182. The highest BCUT2D eigenvalue weighted by Crippen LogP contribution is 2.33. The van der Waals surface area contributed by atoms with Gasteiger partial charge in [0.2, 0.25) is 6.69 Å². The second-order valence-electron chi connectivity index (χ2n) is 3.49. The first-order chi connectivity index (χ1) is 4.92. The molecule has 0 aromatic heterocycles. The van der Waals surface area contributed by atoms with Crippen molar-refractivity contribution >= 4 is 29.9 Å². The van der Waals surface area contributed by atoms with Crippen LogP contribution in [0.25, 0.3) is 0 Å². The van der Waals surface area contributed by atoms with Gasteiger partial charge >= 0.3 is 0 Å². The lowest BCUT2D eigenvalue weighted by Gasteiger charge is -2.24. The normalized spacial score (nSPS) is 10.5. The molecule has 3 heteroatoms. The van der Waals surface area contributed by atoms with Crippen LogP contribution in [0.5, 0.6) is 0 Å². The summed E-state index contributed by atoms with van der Waals surface area (Å²) in [5.41, 5.74) is 0. The van der Waals surface area contributed by atoms with Crippen LogP contribution in [0.15, 0.2) is 0 Å². The Hall–Kier alpha value is 0.705. The van der Waals surface area contributed by atoms with E-state index < -0.39 is 0 Å². The molecule has 67 valence electrons. The Morgan fingerprint density at radius 2 is 1.55 bits per heavy atom. The first-order valence-electron chi connectivity index (χ1n) is 3.77. The molecule has 0 amide bonds. The van der Waals surface area contributed by atoms with E-state index in [1.165, 1.54) is 0 Å². The molecule has 0 aliphatic carbocycles. The molecule has 0 aromatic carbocycles. The molecule has 0 N–H and O–H groups in total. The van der Waals surface area contributed by atoms with E-state index in [1.54, 1.807) is 18.5 Å². The molecule has 0 bridgehead atoms. The molecule has 0 aliphatic rings. The topological polar surface area (TPSA) is 0 Å². The quantitative estimate of drug-likeness (QED) is 0.603. The van der Waals surface area contributed by atoms with Crippen molar-refractivity contribution in [3.8, 4) is 0 Å². The zero-order valence-corrected chi connectivity index (χ0v) is 10.0. The maximum absolute atomic E-state index is 5.56. The zero-order chi connectivity index (χ0) is 9.49. The summed E-state index contributed by atoms with van der Waals surface area (Å²) in [4.78, 5) is 0. The number of hydrogen-bond donors (Lipinski definition) is 0. The first-order valence-corrected chi connectivity index (χ1v) is 5.84. The fourth-order valence-corrected chi connectivity index (χ4v) is 0.378. The van der Waals surface area contributed by atoms with Crippen molar-refractivity contribution in [1.29, 1.82) is 0 Å². The summed E-state index contributed by atoms with van der Waals surface area (Å²) < 4.78 is 0. The van der Waals surface area contributed by atoms with E-state index in [4.69, 9.17) is 11.5 Å². The summed E-state index contributed by atoms with van der Waals surface area (Å²) in [6.45, 7) is 10.3. The van der Waals surface area contributed by atoms with Gasteiger partial charge in [-0.05, 0) is 23.7 Å². The minimum absolute atomic E-state index is 0.182. The molecule has 0 nitrogen and oxygen atoms in total. The smallest absolute Gasteiger partial charge is 0.203 e. The Labute approximate surface area is 81.6 Å². The second kappa shape index (κ2) is 7.36. The minimum atomic E-state index is 0.182. The van der Waals surface area contributed by atoms with E-state index in [0.717, 1.165) is 0 Å². The van der Waals surface area contributed by atoms with Crippen LogP contribution < -0.4 is 0 Å². The molecule has 0 saturated carbocycles. The van der Waals surface area contributed by atoms with Crippen LogP contribution in [0, 0.1) is 5.92 Å². The molecule has 0 rings (SSSR count). The Balaban J connectivity index is 0. The van der Waals surface area contributed by atoms with Crippen molar-refractivity contribution in [3.05, 3.63) is 0 Å². The molecule has 0 aromatic rings. The number of halogens is 1. The van der Waals surface area contributed by atoms with Gasteiger partial charge in [-0.15, -0.1) is 0 Å². The van der Waals surface area contributed by atoms with Crippen molar-refractivity contribution < 1.29 is 0 Å². The summed E-state index contributed by atoms with van der Waals surface area (Å²) in [7, 11) is 0. The molecular formula is C8H19BClS. The molecule has 0 heterocycles. The number of thioether (sulfide) groups is 1. The predicted molar refractivity (Wildman–Crippen MR) is 59.9 cm³/mol. The summed E-state index contributed by atoms with van der Waals surface area (Å²) >= 11 is 7.31. The standard InChI is InChI=1S/C6H13BCl.C2H6S/c1-5(2)6(3,4)7-8;1-3-2/h5H,1-4H3;1-2H3. The van der Waals surface area contributed by atoms with Crippen LogP contribution in [0.3, 0.4) is 0 Å². The largest absolute Gasteiger partial charge is 0.244 e. The van der Waals surface area contributed by atoms with Crippen LogP contribution in [-0.4, -0.2) is 19.2 Å². The molecule has 0 saturated heterocycles. The lowest BCUT2D eigenvalue weighted by Crippen LogP contribution is -2.15. The predicted octanol–water partition coefficient (Wildman–Crippen LogP) is 3.68. The van der Waals surface area contributed by atoms with Gasteiger partial charge in [0.15, 0.2) is 0 Å². The third-order valence-electron chi connectivity index (χ3n) is 1.77. The molecule has 0 unspecified atom stereocenters. The highest BCUT2D eigenvalue weighted by molar-refractivity contribution is 7.97. The van der Waals surface area contributed by atoms with Gasteiger partial charge in [0.1, 0.15) is 0 Å². The maximum Gasteiger partial charge on any atom is 0.244 e. The van der Waals surface area contributed by atoms with Gasteiger partial charge in [-0.1, -0.05) is 27.7 Å². The fourth-order valence-electron chi connectivity index (χ4n) is 0.126. The SMILES string of the molecule is CC(C)C(C)(C)[B]Cl.CSC. The van der Waals surface area contributed by atoms with Gasteiger partial charge in [-0.3, -0.25) is 0 Å². The maximum atomic E-state index is 5.56. The van der Waals surface area contributed by atoms with E-state index in [1.807, 2.05) is 12.5 Å². The Morgan fingerprint density at radius 3 is 1.55 bits per heavy atom. The number of rotatable bonds is 2. The van der Waals surface area contributed by atoms with E-state index >= 15 is 0 Å². The Morgan fingerprint density at radius 1 is 1.27 bits per heavy atom. The van der Waals surface area contributed by atoms with Gasteiger partial charge < -0.3 is 0 Å². The number of hydrogen-bond acceptors (Lipinski definition) is 1. The molecular weight excluding hydrogens is 174 g/mol. The van der Waals surface area contributed by atoms with E-state index in [2.05, 4.69) is 27.7 Å². The Kier molecular flexibility index (Phi) is 9.53. The second-order valence-corrected chi connectivity index (χ2v) is 4.53. The van der Waals surface area contributed by atoms with Crippen molar-refractivity contribution in [3.63, 3.8) is 0 Å². The van der Waals surface area contributed by atoms with Crippen molar-refractivity contribution in [2.24, 2.45) is 5.92 Å². The molecule has 11 heavy (non-hydrogen) atoms. The van der Waals surface area contributed by atoms with Gasteiger partial charge in [-0.2, -0.15) is 11.8 Å². The molecule has 0 spiro atoms. The lowest BCUT2D eigenvalue weighted by molar-refractivity contribution is 0.478. The van der Waals surface area contributed by atoms with Crippen molar-refractivity contribution in [1.82, 2.24) is 0 Å². The highest BCUT2D eigenvalue weighted by atomic mass is 35.5. The van der Waals surface area contributed by atoms with Gasteiger partial charge in [-0.25, -0.2) is 11.5 Å². The average molecular weight is 194 g/mol. The summed E-state index contributed by atoms with van der Waals surface area (Å²) in [6, 6.07) is 0. The van der Waals surface area contributed by atoms with Gasteiger partial charge in [0, 0.05) is 0 Å². The van der Waals surface area contributed by atoms with Crippen molar-refractivity contribution in [2.75, 3.05) is 12.5 Å². The average Bonchev–Trinajstić information content (AvgIpc) is 1.89. The Bertz CT molecular complexity index is 84.2. The fraction of sp³-hybridized carbons (Fsp3) is 1.00. The van der Waals surface area contributed by atoms with E-state index in [-0.39, 0.29) is 5.31 Å². The zero-order valence-electron chi connectivity index (χ0n) is 8.44. The minimum Gasteiger partial charge on any atom is -0.203 e.